The molecule has 0 radical (unpaired) electrons. The van der Waals surface area contributed by atoms with E-state index in [9.17, 15) is 4.79 Å². The number of amides is 1. The number of carbonyl (C=O) groups is 1. The highest BCUT2D eigenvalue weighted by Gasteiger charge is 2.10. The molecule has 0 saturated heterocycles. The molecule has 1 N–H and O–H groups in total. The van der Waals surface area contributed by atoms with Gasteiger partial charge in [0.15, 0.2) is 0 Å². The number of aromatic amines is 1. The molecule has 106 valence electrons. The zero-order valence-corrected chi connectivity index (χ0v) is 11.8. The average Bonchev–Trinajstić information content (AvgIpc) is 2.97. The van der Waals surface area contributed by atoms with Crippen molar-refractivity contribution in [3.05, 3.63) is 48.0 Å². The Morgan fingerprint density at radius 1 is 1.45 bits per heavy atom. The Morgan fingerprint density at radius 2 is 2.30 bits per heavy atom. The van der Waals surface area contributed by atoms with Crippen LogP contribution in [0.25, 0.3) is 0 Å². The van der Waals surface area contributed by atoms with Gasteiger partial charge in [0.05, 0.1) is 13.7 Å². The highest BCUT2D eigenvalue weighted by atomic mass is 16.5. The Kier molecular flexibility index (Phi) is 4.76. The first-order valence-corrected chi connectivity index (χ1v) is 6.54. The maximum absolute atomic E-state index is 12.1. The topological polar surface area (TPSA) is 58.2 Å². The van der Waals surface area contributed by atoms with Crippen molar-refractivity contribution in [2.24, 2.45) is 0 Å². The van der Waals surface area contributed by atoms with Gasteiger partial charge in [-0.05, 0) is 24.1 Å². The van der Waals surface area contributed by atoms with E-state index in [1.165, 1.54) is 0 Å². The highest BCUT2D eigenvalue weighted by Crippen LogP contribution is 2.14. The van der Waals surface area contributed by atoms with Crippen molar-refractivity contribution >= 4 is 5.91 Å². The Balaban J connectivity index is 1.84. The summed E-state index contributed by atoms with van der Waals surface area (Å²) in [5.41, 5.74) is 1.10. The molecule has 0 unspecified atom stereocenters. The Labute approximate surface area is 118 Å². The first-order chi connectivity index (χ1) is 9.69. The number of hydrogen-bond donors (Lipinski definition) is 1. The SMILES string of the molecule is COc1cccc(CCC(=O)N(C)Cc2ncc[nH]2)c1. The van der Waals surface area contributed by atoms with E-state index in [1.54, 1.807) is 31.5 Å². The molecule has 0 fully saturated rings. The van der Waals surface area contributed by atoms with E-state index in [1.807, 2.05) is 24.3 Å². The number of aromatic nitrogens is 2. The molecule has 0 bridgehead atoms. The van der Waals surface area contributed by atoms with Gasteiger partial charge in [0.2, 0.25) is 5.91 Å². The monoisotopic (exact) mass is 273 g/mol. The van der Waals surface area contributed by atoms with Crippen molar-refractivity contribution in [3.63, 3.8) is 0 Å². The number of nitrogens with one attached hydrogen (secondary N) is 1. The maximum atomic E-state index is 12.1. The quantitative estimate of drug-likeness (QED) is 0.876. The first-order valence-electron chi connectivity index (χ1n) is 6.54. The molecule has 2 rings (SSSR count). The normalized spacial score (nSPS) is 10.3. The van der Waals surface area contributed by atoms with Crippen molar-refractivity contribution in [3.8, 4) is 5.75 Å². The largest absolute Gasteiger partial charge is 0.497 e. The Morgan fingerprint density at radius 3 is 3.00 bits per heavy atom. The lowest BCUT2D eigenvalue weighted by atomic mass is 10.1. The predicted octanol–water partition coefficient (Wildman–Crippen LogP) is 2.01. The maximum Gasteiger partial charge on any atom is 0.223 e. The smallest absolute Gasteiger partial charge is 0.223 e. The molecule has 1 aromatic heterocycles. The van der Waals surface area contributed by atoms with Crippen LogP contribution in [0.1, 0.15) is 17.8 Å². The number of hydrogen-bond acceptors (Lipinski definition) is 3. The second-order valence-electron chi connectivity index (χ2n) is 4.64. The Hall–Kier alpha value is -2.30. The second kappa shape index (κ2) is 6.75. The highest BCUT2D eigenvalue weighted by molar-refractivity contribution is 5.76. The van der Waals surface area contributed by atoms with Crippen LogP contribution < -0.4 is 4.74 Å². The van der Waals surface area contributed by atoms with Gasteiger partial charge in [0.1, 0.15) is 11.6 Å². The molecule has 5 nitrogen and oxygen atoms in total. The number of carbonyl (C=O) groups excluding carboxylic acids is 1. The van der Waals surface area contributed by atoms with E-state index in [4.69, 9.17) is 4.74 Å². The van der Waals surface area contributed by atoms with Gasteiger partial charge in [-0.1, -0.05) is 12.1 Å². The van der Waals surface area contributed by atoms with Gasteiger partial charge < -0.3 is 14.6 Å². The average molecular weight is 273 g/mol. The van der Waals surface area contributed by atoms with Gasteiger partial charge in [-0.3, -0.25) is 4.79 Å². The van der Waals surface area contributed by atoms with Crippen LogP contribution in [0.4, 0.5) is 0 Å². The third-order valence-electron chi connectivity index (χ3n) is 3.13. The number of methoxy groups -OCH3 is 1. The van der Waals surface area contributed by atoms with Crippen molar-refractivity contribution in [1.82, 2.24) is 14.9 Å². The van der Waals surface area contributed by atoms with Crippen LogP contribution in [0.15, 0.2) is 36.7 Å². The zero-order valence-electron chi connectivity index (χ0n) is 11.8. The third kappa shape index (κ3) is 3.85. The molecule has 1 amide bonds. The summed E-state index contributed by atoms with van der Waals surface area (Å²) in [6.45, 7) is 0.504. The van der Waals surface area contributed by atoms with Gasteiger partial charge in [-0.25, -0.2) is 4.98 Å². The lowest BCUT2D eigenvalue weighted by Gasteiger charge is -2.15. The number of imidazole rings is 1. The standard InChI is InChI=1S/C15H19N3O2/c1-18(11-14-16-8-9-17-14)15(19)7-6-12-4-3-5-13(10-12)20-2/h3-5,8-10H,6-7,11H2,1-2H3,(H,16,17). The summed E-state index contributed by atoms with van der Waals surface area (Å²) in [5, 5.41) is 0. The van der Waals surface area contributed by atoms with Gasteiger partial charge in [0.25, 0.3) is 0 Å². The van der Waals surface area contributed by atoms with Gasteiger partial charge >= 0.3 is 0 Å². The summed E-state index contributed by atoms with van der Waals surface area (Å²) >= 11 is 0. The van der Waals surface area contributed by atoms with Crippen LogP contribution in [-0.4, -0.2) is 34.9 Å². The lowest BCUT2D eigenvalue weighted by Crippen LogP contribution is -2.26. The number of nitrogens with zero attached hydrogens (tertiary/aromatic N) is 2. The zero-order chi connectivity index (χ0) is 14.4. The Bertz CT molecular complexity index is 552. The predicted molar refractivity (Wildman–Crippen MR) is 76.4 cm³/mol. The number of rotatable bonds is 6. The van der Waals surface area contributed by atoms with Gasteiger partial charge in [-0.2, -0.15) is 0 Å². The minimum Gasteiger partial charge on any atom is -0.497 e. The van der Waals surface area contributed by atoms with E-state index in [2.05, 4.69) is 9.97 Å². The molecule has 20 heavy (non-hydrogen) atoms. The first kappa shape index (κ1) is 14.1. The van der Waals surface area contributed by atoms with E-state index in [0.717, 1.165) is 17.1 Å². The third-order valence-corrected chi connectivity index (χ3v) is 3.13. The molecule has 0 aliphatic heterocycles. The van der Waals surface area contributed by atoms with Crippen LogP contribution in [0, 0.1) is 0 Å². The number of aryl methyl sites for hydroxylation is 1. The second-order valence-corrected chi connectivity index (χ2v) is 4.64. The fourth-order valence-corrected chi connectivity index (χ4v) is 1.97. The molecular weight excluding hydrogens is 254 g/mol. The number of H-pyrrole nitrogens is 1. The molecule has 1 aromatic carbocycles. The van der Waals surface area contributed by atoms with Crippen molar-refractivity contribution < 1.29 is 9.53 Å². The summed E-state index contributed by atoms with van der Waals surface area (Å²) in [4.78, 5) is 20.8. The van der Waals surface area contributed by atoms with E-state index in [-0.39, 0.29) is 5.91 Å². The van der Waals surface area contributed by atoms with E-state index < -0.39 is 0 Å². The van der Waals surface area contributed by atoms with Crippen molar-refractivity contribution in [1.29, 1.82) is 0 Å². The summed E-state index contributed by atoms with van der Waals surface area (Å²) in [5.74, 6) is 1.71. The number of ether oxygens (including phenoxy) is 1. The molecule has 0 saturated carbocycles. The van der Waals surface area contributed by atoms with Crippen LogP contribution in [0.2, 0.25) is 0 Å². The summed E-state index contributed by atoms with van der Waals surface area (Å²) in [7, 11) is 3.43. The molecule has 0 atom stereocenters. The van der Waals surface area contributed by atoms with Crippen molar-refractivity contribution in [2.75, 3.05) is 14.2 Å². The summed E-state index contributed by atoms with van der Waals surface area (Å²) in [6.07, 6.45) is 4.62. The molecule has 1 heterocycles. The fraction of sp³-hybridized carbons (Fsp3) is 0.333. The molecule has 0 spiro atoms. The van der Waals surface area contributed by atoms with E-state index >= 15 is 0 Å². The lowest BCUT2D eigenvalue weighted by molar-refractivity contribution is -0.130. The fourth-order valence-electron chi connectivity index (χ4n) is 1.97. The van der Waals surface area contributed by atoms with Crippen LogP contribution >= 0.6 is 0 Å². The molecule has 2 aromatic rings. The van der Waals surface area contributed by atoms with Gasteiger partial charge in [-0.15, -0.1) is 0 Å². The van der Waals surface area contributed by atoms with Gasteiger partial charge in [0, 0.05) is 25.9 Å². The molecule has 5 heteroatoms. The molecule has 0 aliphatic rings. The summed E-state index contributed by atoms with van der Waals surface area (Å²) in [6, 6.07) is 7.79. The number of benzene rings is 1. The van der Waals surface area contributed by atoms with E-state index in [0.29, 0.717) is 19.4 Å². The molecular formula is C15H19N3O2. The van der Waals surface area contributed by atoms with Crippen LogP contribution in [0.5, 0.6) is 5.75 Å². The summed E-state index contributed by atoms with van der Waals surface area (Å²) < 4.78 is 5.17. The van der Waals surface area contributed by atoms with Crippen LogP contribution in [0.3, 0.4) is 0 Å². The van der Waals surface area contributed by atoms with Crippen molar-refractivity contribution in [2.45, 2.75) is 19.4 Å². The minimum atomic E-state index is 0.101. The minimum absolute atomic E-state index is 0.101. The van der Waals surface area contributed by atoms with Crippen LogP contribution in [-0.2, 0) is 17.8 Å². The molecule has 0 aliphatic carbocycles.